The summed E-state index contributed by atoms with van der Waals surface area (Å²) in [6.45, 7) is 4.46. The zero-order valence-corrected chi connectivity index (χ0v) is 26.4. The average molecular weight is 661 g/mol. The second-order valence-corrected chi connectivity index (χ2v) is 12.2. The van der Waals surface area contributed by atoms with Crippen molar-refractivity contribution >= 4 is 36.6 Å². The molecule has 4 amide bonds. The van der Waals surface area contributed by atoms with Gasteiger partial charge in [0.25, 0.3) is 0 Å². The topological polar surface area (TPSA) is 176 Å². The number of fused-ring (bicyclic) bond motifs is 1. The number of benzene rings is 3. The fourth-order valence-corrected chi connectivity index (χ4v) is 6.01. The minimum Gasteiger partial charge on any atom is -0.404 e. The Hall–Kier alpha value is -4.94. The number of hydrogen-bond acceptors (Lipinski definition) is 6. The number of hydrogen-bond donors (Lipinski definition) is 6. The number of urea groups is 1. The van der Waals surface area contributed by atoms with E-state index in [1.165, 1.54) is 17.0 Å². The second kappa shape index (κ2) is 15.1. The predicted octanol–water partition coefficient (Wildman–Crippen LogP) is 3.02. The first-order valence-corrected chi connectivity index (χ1v) is 16.5. The van der Waals surface area contributed by atoms with E-state index >= 15 is 0 Å². The van der Waals surface area contributed by atoms with Gasteiger partial charge in [0.15, 0.2) is 0 Å². The van der Waals surface area contributed by atoms with E-state index in [-0.39, 0.29) is 44.3 Å². The van der Waals surface area contributed by atoms with E-state index in [1.807, 2.05) is 60.8 Å². The van der Waals surface area contributed by atoms with E-state index in [2.05, 4.69) is 32.0 Å². The summed E-state index contributed by atoms with van der Waals surface area (Å²) in [7, 11) is -4.76. The van der Waals surface area contributed by atoms with Crippen LogP contribution in [0, 0.1) is 0 Å². The molecule has 47 heavy (non-hydrogen) atoms. The molecule has 0 aliphatic carbocycles. The van der Waals surface area contributed by atoms with Crippen molar-refractivity contribution in [3.05, 3.63) is 114 Å². The highest BCUT2D eigenvalue weighted by Gasteiger charge is 2.43. The van der Waals surface area contributed by atoms with Crippen LogP contribution in [0.3, 0.4) is 0 Å². The molecule has 2 atom stereocenters. The summed E-state index contributed by atoms with van der Waals surface area (Å²) in [5.74, 6) is -0.760. The van der Waals surface area contributed by atoms with Gasteiger partial charge >= 0.3 is 13.9 Å². The summed E-state index contributed by atoms with van der Waals surface area (Å²) >= 11 is 0. The molecule has 3 aromatic carbocycles. The van der Waals surface area contributed by atoms with E-state index < -0.39 is 32.0 Å². The lowest BCUT2D eigenvalue weighted by Crippen LogP contribution is -2.69. The lowest BCUT2D eigenvalue weighted by molar-refractivity contribution is -0.156. The first-order chi connectivity index (χ1) is 22.6. The largest absolute Gasteiger partial charge is 0.524 e. The molecule has 0 spiro atoms. The Balaban J connectivity index is 1.45. The van der Waals surface area contributed by atoms with Crippen LogP contribution in [0.2, 0.25) is 0 Å². The zero-order chi connectivity index (χ0) is 33.4. The van der Waals surface area contributed by atoms with Gasteiger partial charge in [-0.2, -0.15) is 0 Å². The number of phosphoric acid groups is 1. The molecule has 4 aromatic rings. The number of phosphoric ester groups is 1. The molecule has 1 saturated heterocycles. The summed E-state index contributed by atoms with van der Waals surface area (Å²) in [5, 5.41) is 9.75. The third-order valence-corrected chi connectivity index (χ3v) is 8.17. The highest BCUT2D eigenvalue weighted by Crippen LogP contribution is 2.37. The third kappa shape index (κ3) is 8.87. The van der Waals surface area contributed by atoms with E-state index in [0.29, 0.717) is 12.1 Å². The molecular formula is C33H37N6O7P. The number of rotatable bonds is 13. The molecule has 6 N–H and O–H groups in total. The molecule has 0 saturated carbocycles. The van der Waals surface area contributed by atoms with Crippen LogP contribution >= 0.6 is 7.82 Å². The Kier molecular flexibility index (Phi) is 10.7. The van der Waals surface area contributed by atoms with Crippen LogP contribution in [0.4, 0.5) is 4.79 Å². The van der Waals surface area contributed by atoms with Crippen molar-refractivity contribution in [1.82, 2.24) is 30.7 Å². The number of nitrogens with zero attached hydrogens (tertiary/aromatic N) is 2. The maximum absolute atomic E-state index is 14.3. The van der Waals surface area contributed by atoms with Gasteiger partial charge in [0.05, 0.1) is 18.6 Å². The predicted molar refractivity (Wildman–Crippen MR) is 176 cm³/mol. The highest BCUT2D eigenvalue weighted by atomic mass is 31.2. The van der Waals surface area contributed by atoms with Gasteiger partial charge in [0, 0.05) is 32.3 Å². The maximum atomic E-state index is 14.3. The van der Waals surface area contributed by atoms with Crippen molar-refractivity contribution in [2.45, 2.75) is 31.7 Å². The minimum absolute atomic E-state index is 0.0352. The molecular weight excluding hydrogens is 623 g/mol. The van der Waals surface area contributed by atoms with Crippen molar-refractivity contribution in [2.75, 3.05) is 19.6 Å². The van der Waals surface area contributed by atoms with Crippen molar-refractivity contribution in [2.24, 2.45) is 0 Å². The number of aromatic amines is 1. The summed E-state index contributed by atoms with van der Waals surface area (Å²) in [6.07, 6.45) is 2.62. The Morgan fingerprint density at radius 2 is 1.79 bits per heavy atom. The molecule has 5 rings (SSSR count). The van der Waals surface area contributed by atoms with Crippen LogP contribution in [-0.4, -0.2) is 74.3 Å². The monoisotopic (exact) mass is 660 g/mol. The molecule has 0 radical (unpaired) electrons. The Labute approximate surface area is 271 Å². The minimum atomic E-state index is -4.76. The normalized spacial score (nSPS) is 16.6. The fraction of sp³-hybridized carbons (Fsp3) is 0.242. The SMILES string of the molecule is C=CCNCC(=O)N1[C@@H](NC(=O)NCc2ccccc2)CN(Cc2cccc3cc[nH]c23)C(=O)[C@@H]1Cc1ccc(OP(=O)(O)O)cc1. The van der Waals surface area contributed by atoms with Crippen molar-refractivity contribution < 1.29 is 33.3 Å². The van der Waals surface area contributed by atoms with Gasteiger partial charge in [0.2, 0.25) is 11.8 Å². The van der Waals surface area contributed by atoms with Gasteiger partial charge in [-0.25, -0.2) is 9.36 Å². The number of carbonyl (C=O) groups excluding carboxylic acids is 3. The molecule has 2 heterocycles. The second-order valence-electron chi connectivity index (χ2n) is 11.1. The molecule has 0 unspecified atom stereocenters. The van der Waals surface area contributed by atoms with Gasteiger partial charge in [0.1, 0.15) is 18.0 Å². The standard InChI is InChI=1S/C33H37N6O7P/c1-2-16-34-20-30(40)39-28(18-23-11-13-27(14-12-23)46-47(43,44)45)32(41)38(21-26-10-6-9-25-15-17-35-31(25)26)22-29(39)37-33(42)36-19-24-7-4-3-5-8-24/h2-15,17,28-29,34-35H,1,16,18-22H2,(H2,36,37,42)(H2,43,44,45)/t28-,29+/m0/s1. The Morgan fingerprint density at radius 3 is 2.51 bits per heavy atom. The smallest absolute Gasteiger partial charge is 0.404 e. The molecule has 1 fully saturated rings. The van der Waals surface area contributed by atoms with Crippen molar-refractivity contribution in [1.29, 1.82) is 0 Å². The van der Waals surface area contributed by atoms with Gasteiger partial charge in [-0.05, 0) is 40.3 Å². The zero-order valence-electron chi connectivity index (χ0n) is 25.5. The molecule has 13 nitrogen and oxygen atoms in total. The summed E-state index contributed by atoms with van der Waals surface area (Å²) in [5.41, 5.74) is 3.26. The number of H-pyrrole nitrogens is 1. The summed E-state index contributed by atoms with van der Waals surface area (Å²) in [6, 6.07) is 21.5. The fourth-order valence-electron chi connectivity index (χ4n) is 5.61. The van der Waals surface area contributed by atoms with Crippen molar-refractivity contribution in [3.63, 3.8) is 0 Å². The van der Waals surface area contributed by atoms with E-state index in [9.17, 15) is 18.9 Å². The van der Waals surface area contributed by atoms with Gasteiger partial charge in [-0.1, -0.05) is 66.7 Å². The Bertz CT molecular complexity index is 1760. The first-order valence-electron chi connectivity index (χ1n) is 15.0. The first kappa shape index (κ1) is 33.4. The van der Waals surface area contributed by atoms with Crippen LogP contribution in [-0.2, 0) is 33.7 Å². The van der Waals surface area contributed by atoms with Crippen LogP contribution in [0.1, 0.15) is 16.7 Å². The van der Waals surface area contributed by atoms with E-state index in [1.54, 1.807) is 23.1 Å². The Morgan fingerprint density at radius 1 is 1.02 bits per heavy atom. The number of carbonyl (C=O) groups is 3. The number of amides is 4. The van der Waals surface area contributed by atoms with Gasteiger partial charge in [-0.15, -0.1) is 6.58 Å². The molecule has 1 aliphatic heterocycles. The maximum Gasteiger partial charge on any atom is 0.524 e. The molecule has 1 aliphatic rings. The van der Waals surface area contributed by atoms with Crippen molar-refractivity contribution in [3.8, 4) is 5.75 Å². The summed E-state index contributed by atoms with van der Waals surface area (Å²) < 4.78 is 16.0. The quantitative estimate of drug-likeness (QED) is 0.0721. The van der Waals surface area contributed by atoms with E-state index in [0.717, 1.165) is 22.0 Å². The lowest BCUT2D eigenvalue weighted by Gasteiger charge is -2.46. The number of para-hydroxylation sites is 1. The van der Waals surface area contributed by atoms with Crippen LogP contribution < -0.4 is 20.5 Å². The lowest BCUT2D eigenvalue weighted by atomic mass is 9.98. The van der Waals surface area contributed by atoms with Gasteiger partial charge < -0.3 is 35.3 Å². The van der Waals surface area contributed by atoms with Crippen LogP contribution in [0.25, 0.3) is 10.9 Å². The third-order valence-electron chi connectivity index (χ3n) is 7.72. The molecule has 246 valence electrons. The number of piperazine rings is 1. The van der Waals surface area contributed by atoms with Crippen LogP contribution in [0.15, 0.2) is 97.7 Å². The summed E-state index contributed by atoms with van der Waals surface area (Å²) in [4.78, 5) is 65.9. The molecule has 1 aromatic heterocycles. The molecule has 14 heteroatoms. The highest BCUT2D eigenvalue weighted by molar-refractivity contribution is 7.46. The molecule has 0 bridgehead atoms. The average Bonchev–Trinajstić information content (AvgIpc) is 3.53. The van der Waals surface area contributed by atoms with Crippen LogP contribution in [0.5, 0.6) is 5.75 Å². The number of nitrogens with one attached hydrogen (secondary N) is 4. The van der Waals surface area contributed by atoms with E-state index in [4.69, 9.17) is 9.79 Å². The van der Waals surface area contributed by atoms with Gasteiger partial charge in [-0.3, -0.25) is 19.4 Å². The number of aromatic nitrogens is 1.